The molecule has 1 amide bonds. The van der Waals surface area contributed by atoms with E-state index in [0.717, 1.165) is 41.8 Å². The van der Waals surface area contributed by atoms with Crippen molar-refractivity contribution in [3.05, 3.63) is 59.8 Å². The van der Waals surface area contributed by atoms with E-state index in [9.17, 15) is 9.59 Å². The first kappa shape index (κ1) is 18.9. The Morgan fingerprint density at radius 2 is 2.17 bits per heavy atom. The maximum absolute atomic E-state index is 13.0. The molecule has 1 aromatic carbocycles. The van der Waals surface area contributed by atoms with Crippen molar-refractivity contribution in [1.29, 1.82) is 0 Å². The van der Waals surface area contributed by atoms with Crippen LogP contribution in [0.15, 0.2) is 43.0 Å². The number of fused-ring (bicyclic) bond motifs is 3. The van der Waals surface area contributed by atoms with E-state index in [1.54, 1.807) is 37.4 Å². The number of aromatic nitrogens is 3. The topological polar surface area (TPSA) is 97.0 Å². The first-order valence-electron chi connectivity index (χ1n) is 9.71. The summed E-state index contributed by atoms with van der Waals surface area (Å²) in [5.41, 5.74) is 4.88. The van der Waals surface area contributed by atoms with Crippen LogP contribution in [0.25, 0.3) is 11.3 Å². The molecule has 7 nitrogen and oxygen atoms in total. The van der Waals surface area contributed by atoms with E-state index in [-0.39, 0.29) is 18.3 Å². The highest BCUT2D eigenvalue weighted by Gasteiger charge is 2.24. The molecule has 148 valence electrons. The van der Waals surface area contributed by atoms with Gasteiger partial charge in [0.1, 0.15) is 18.7 Å². The quantitative estimate of drug-likeness (QED) is 0.671. The van der Waals surface area contributed by atoms with E-state index in [0.29, 0.717) is 23.4 Å². The van der Waals surface area contributed by atoms with Crippen LogP contribution in [-0.2, 0) is 17.6 Å². The first-order chi connectivity index (χ1) is 14.2. The summed E-state index contributed by atoms with van der Waals surface area (Å²) in [6.07, 6.45) is 8.22. The number of carbonyl (C=O) groups is 2. The van der Waals surface area contributed by atoms with Crippen molar-refractivity contribution >= 4 is 17.4 Å². The van der Waals surface area contributed by atoms with E-state index in [2.05, 4.69) is 20.3 Å². The van der Waals surface area contributed by atoms with Crippen molar-refractivity contribution < 1.29 is 14.3 Å². The molecular weight excluding hydrogens is 368 g/mol. The summed E-state index contributed by atoms with van der Waals surface area (Å²) in [6, 6.07) is 7.03. The molecule has 2 heterocycles. The molecule has 0 saturated heterocycles. The highest BCUT2D eigenvalue weighted by Crippen LogP contribution is 2.33. The number of ketones is 1. The Balaban J connectivity index is 1.57. The fraction of sp³-hybridized carbons (Fsp3) is 0.273. The molecule has 0 aliphatic heterocycles. The van der Waals surface area contributed by atoms with Crippen molar-refractivity contribution in [2.45, 2.75) is 32.6 Å². The first-order valence-corrected chi connectivity index (χ1v) is 9.71. The van der Waals surface area contributed by atoms with E-state index >= 15 is 0 Å². The molecule has 0 saturated carbocycles. The smallest absolute Gasteiger partial charge is 0.257 e. The predicted molar refractivity (Wildman–Crippen MR) is 109 cm³/mol. The Morgan fingerprint density at radius 1 is 1.28 bits per heavy atom. The SMILES string of the molecule is CCC(=O)COc1cccc(NC(=O)c2c[nH]c3c2-c2ncncc2CCC3)c1. The largest absolute Gasteiger partial charge is 0.486 e. The molecule has 0 radical (unpaired) electrons. The summed E-state index contributed by atoms with van der Waals surface area (Å²) in [6.45, 7) is 1.82. The number of anilines is 1. The lowest BCUT2D eigenvalue weighted by Gasteiger charge is -2.10. The summed E-state index contributed by atoms with van der Waals surface area (Å²) in [4.78, 5) is 36.3. The lowest BCUT2D eigenvalue weighted by molar-refractivity contribution is -0.120. The number of rotatable bonds is 6. The number of ether oxygens (including phenoxy) is 1. The fourth-order valence-electron chi connectivity index (χ4n) is 3.46. The van der Waals surface area contributed by atoms with Gasteiger partial charge in [0.2, 0.25) is 0 Å². The lowest BCUT2D eigenvalue weighted by Crippen LogP contribution is -2.13. The Bertz CT molecular complexity index is 1060. The van der Waals surface area contributed by atoms with Gasteiger partial charge in [0, 0.05) is 41.8 Å². The number of benzene rings is 1. The second-order valence-electron chi connectivity index (χ2n) is 6.97. The van der Waals surface area contributed by atoms with Gasteiger partial charge in [-0.1, -0.05) is 13.0 Å². The summed E-state index contributed by atoms with van der Waals surface area (Å²) < 4.78 is 5.50. The number of nitrogens with zero attached hydrogens (tertiary/aromatic N) is 2. The van der Waals surface area contributed by atoms with Gasteiger partial charge in [0.25, 0.3) is 5.91 Å². The minimum absolute atomic E-state index is 0.0232. The molecule has 0 fully saturated rings. The zero-order valence-corrected chi connectivity index (χ0v) is 16.2. The molecule has 29 heavy (non-hydrogen) atoms. The highest BCUT2D eigenvalue weighted by atomic mass is 16.5. The van der Waals surface area contributed by atoms with Crippen LogP contribution in [0.2, 0.25) is 0 Å². The number of amides is 1. The number of Topliss-reactive ketones (excluding diaryl/α,β-unsaturated/α-hetero) is 1. The van der Waals surface area contributed by atoms with Crippen LogP contribution < -0.4 is 10.1 Å². The Morgan fingerprint density at radius 3 is 3.03 bits per heavy atom. The van der Waals surface area contributed by atoms with Crippen molar-refractivity contribution in [3.8, 4) is 17.0 Å². The third kappa shape index (κ3) is 4.03. The summed E-state index contributed by atoms with van der Waals surface area (Å²) >= 11 is 0. The van der Waals surface area contributed by atoms with Gasteiger partial charge in [-0.2, -0.15) is 0 Å². The van der Waals surface area contributed by atoms with E-state index in [1.807, 2.05) is 6.20 Å². The van der Waals surface area contributed by atoms with Crippen LogP contribution in [0.4, 0.5) is 5.69 Å². The molecule has 1 aliphatic carbocycles. The van der Waals surface area contributed by atoms with Crippen LogP contribution in [0.3, 0.4) is 0 Å². The molecule has 0 unspecified atom stereocenters. The average molecular weight is 390 g/mol. The van der Waals surface area contributed by atoms with E-state index in [4.69, 9.17) is 4.74 Å². The minimum Gasteiger partial charge on any atom is -0.486 e. The molecule has 1 aliphatic rings. The molecule has 0 spiro atoms. The van der Waals surface area contributed by atoms with Gasteiger partial charge in [0.15, 0.2) is 5.78 Å². The van der Waals surface area contributed by atoms with Crippen LogP contribution in [0, 0.1) is 0 Å². The van der Waals surface area contributed by atoms with Crippen molar-refractivity contribution in [1.82, 2.24) is 15.0 Å². The van der Waals surface area contributed by atoms with Crippen LogP contribution in [0.5, 0.6) is 5.75 Å². The van der Waals surface area contributed by atoms with Crippen LogP contribution in [0.1, 0.15) is 41.4 Å². The zero-order chi connectivity index (χ0) is 20.2. The number of nitrogens with one attached hydrogen (secondary N) is 2. The summed E-state index contributed by atoms with van der Waals surface area (Å²) in [7, 11) is 0. The fourth-order valence-corrected chi connectivity index (χ4v) is 3.46. The van der Waals surface area contributed by atoms with Crippen LogP contribution >= 0.6 is 0 Å². The average Bonchev–Trinajstić information content (AvgIpc) is 3.08. The number of hydrogen-bond donors (Lipinski definition) is 2. The molecule has 2 aromatic heterocycles. The standard InChI is InChI=1S/C22H22N4O3/c1-2-16(27)12-29-17-7-4-6-15(9-17)26-22(28)18-11-24-19-8-3-5-14-10-23-13-25-21(14)20(18)19/h4,6-7,9-11,13,24H,2-3,5,8,12H2,1H3,(H,26,28). The van der Waals surface area contributed by atoms with Gasteiger partial charge < -0.3 is 15.0 Å². The minimum atomic E-state index is -0.226. The van der Waals surface area contributed by atoms with E-state index in [1.165, 1.54) is 6.33 Å². The number of carbonyl (C=O) groups excluding carboxylic acids is 2. The molecule has 4 rings (SSSR count). The van der Waals surface area contributed by atoms with Gasteiger partial charge in [-0.15, -0.1) is 0 Å². The van der Waals surface area contributed by atoms with Crippen LogP contribution in [-0.4, -0.2) is 33.2 Å². The normalized spacial score (nSPS) is 12.4. The molecular formula is C22H22N4O3. The third-order valence-electron chi connectivity index (χ3n) is 4.99. The molecule has 0 atom stereocenters. The van der Waals surface area contributed by atoms with Crippen molar-refractivity contribution in [3.63, 3.8) is 0 Å². The lowest BCUT2D eigenvalue weighted by atomic mass is 10.0. The molecule has 0 bridgehead atoms. The van der Waals surface area contributed by atoms with E-state index < -0.39 is 0 Å². The maximum Gasteiger partial charge on any atom is 0.257 e. The Hall–Kier alpha value is -3.48. The zero-order valence-electron chi connectivity index (χ0n) is 16.2. The molecule has 7 heteroatoms. The highest BCUT2D eigenvalue weighted by molar-refractivity contribution is 6.09. The number of aromatic amines is 1. The molecule has 2 N–H and O–H groups in total. The van der Waals surface area contributed by atoms with Gasteiger partial charge in [-0.25, -0.2) is 9.97 Å². The van der Waals surface area contributed by atoms with Crippen molar-refractivity contribution in [2.75, 3.05) is 11.9 Å². The second-order valence-corrected chi connectivity index (χ2v) is 6.97. The molecule has 3 aromatic rings. The number of hydrogen-bond acceptors (Lipinski definition) is 5. The second kappa shape index (κ2) is 8.26. The predicted octanol–water partition coefficient (Wildman–Crippen LogP) is 3.57. The number of aryl methyl sites for hydroxylation is 2. The summed E-state index contributed by atoms with van der Waals surface area (Å²) in [5.74, 6) is 0.335. The third-order valence-corrected chi connectivity index (χ3v) is 4.99. The number of H-pyrrole nitrogens is 1. The van der Waals surface area contributed by atoms with Gasteiger partial charge in [-0.05, 0) is 37.0 Å². The monoisotopic (exact) mass is 390 g/mol. The van der Waals surface area contributed by atoms with Crippen molar-refractivity contribution in [2.24, 2.45) is 0 Å². The maximum atomic E-state index is 13.0. The van der Waals surface area contributed by atoms with Gasteiger partial charge in [-0.3, -0.25) is 9.59 Å². The summed E-state index contributed by atoms with van der Waals surface area (Å²) in [5, 5.41) is 2.92. The van der Waals surface area contributed by atoms with Gasteiger partial charge in [0.05, 0.1) is 11.3 Å². The van der Waals surface area contributed by atoms with Gasteiger partial charge >= 0.3 is 0 Å². The Kier molecular flexibility index (Phi) is 5.37. The Labute approximate surface area is 168 Å².